The van der Waals surface area contributed by atoms with Crippen LogP contribution in [0, 0.1) is 131 Å². The van der Waals surface area contributed by atoms with Gasteiger partial charge in [0.15, 0.2) is 11.6 Å². The molecule has 0 aromatic heterocycles. The first-order valence-electron chi connectivity index (χ1n) is 27.5. The number of esters is 2. The van der Waals surface area contributed by atoms with Crippen molar-refractivity contribution < 1.29 is 23.9 Å². The summed E-state index contributed by atoms with van der Waals surface area (Å²) in [7, 11) is 0. The van der Waals surface area contributed by atoms with E-state index in [1.54, 1.807) is 0 Å². The highest BCUT2D eigenvalue weighted by Crippen LogP contribution is 2.80. The zero-order valence-corrected chi connectivity index (χ0v) is 44.6. The number of hydrogen-bond acceptors (Lipinski definition) is 6. The number of hydrogen-bond donors (Lipinski definition) is 0. The van der Waals surface area contributed by atoms with Gasteiger partial charge in [-0.3, -0.25) is 14.4 Å². The molecule has 10 aliphatic carbocycles. The molecule has 7 nitrogen and oxygen atoms in total. The number of carbonyl (C=O) groups is 4. The van der Waals surface area contributed by atoms with Crippen LogP contribution in [0.3, 0.4) is 0 Å². The second kappa shape index (κ2) is 15.0. The maximum absolute atomic E-state index is 15.6. The third-order valence-corrected chi connectivity index (χ3v) is 26.0. The van der Waals surface area contributed by atoms with Crippen LogP contribution in [0.1, 0.15) is 186 Å². The Balaban J connectivity index is 0.963. The molecule has 18 atom stereocenters. The van der Waals surface area contributed by atoms with Crippen LogP contribution in [0.15, 0.2) is 47.7 Å². The Morgan fingerprint density at radius 2 is 1.00 bits per heavy atom. The van der Waals surface area contributed by atoms with E-state index in [-0.39, 0.29) is 103 Å². The summed E-state index contributed by atoms with van der Waals surface area (Å²) < 4.78 is 6.70. The van der Waals surface area contributed by atoms with E-state index in [4.69, 9.17) is 11.3 Å². The van der Waals surface area contributed by atoms with Crippen LogP contribution in [-0.4, -0.2) is 23.5 Å². The number of carbonyl (C=O) groups excluding carboxylic acids is 4. The second-order valence-corrected chi connectivity index (χ2v) is 28.5. The van der Waals surface area contributed by atoms with Gasteiger partial charge in [-0.25, -0.2) is 4.85 Å². The molecule has 0 aromatic rings. The lowest BCUT2D eigenvalue weighted by Gasteiger charge is -2.71. The standard InChI is InChI=1S/C62H84N2O5/c1-35(2)38-20-26-61(30-28-57(11)40(47(38)61)16-18-45-55(9)32-37(34-63)49(65)53(5,6)43(55)22-24-59(45,57)13)51(67)69-52(68)62-27-21-39(36(3)4)48(62)41-17-19-46-56(10)33-42(64-15)50(66)54(7,8)44(56)23-25-60(46,14)58(41,12)29-31-62/h32-33,38-41,43-48H,1,3,16-31H2,2,4-14H3/t38-,39?,40+,41+,43-,44-,45+,46+,47+,48+,55-,56-,57+,58+,59+,60+,61-,62-/m0/s1. The molecule has 372 valence electrons. The van der Waals surface area contributed by atoms with Crippen LogP contribution in [0.5, 0.6) is 0 Å². The minimum atomic E-state index is -0.755. The maximum Gasteiger partial charge on any atom is 0.320 e. The van der Waals surface area contributed by atoms with Crippen LogP contribution in [0.2, 0.25) is 0 Å². The van der Waals surface area contributed by atoms with Gasteiger partial charge in [-0.2, -0.15) is 5.26 Å². The zero-order chi connectivity index (χ0) is 50.2. The quantitative estimate of drug-likeness (QED) is 0.120. The molecule has 69 heavy (non-hydrogen) atoms. The highest BCUT2D eigenvalue weighted by molar-refractivity contribution is 6.04. The van der Waals surface area contributed by atoms with Gasteiger partial charge in [0.2, 0.25) is 5.70 Å². The predicted molar refractivity (Wildman–Crippen MR) is 269 cm³/mol. The number of ether oxygens (including phenoxy) is 1. The summed E-state index contributed by atoms with van der Waals surface area (Å²) in [6, 6.07) is 2.31. The number of Topliss-reactive ketones (excluding diaryl/α,β-unsaturated/α-hetero) is 2. The molecular weight excluding hydrogens is 853 g/mol. The number of rotatable bonds is 4. The van der Waals surface area contributed by atoms with Crippen LogP contribution in [0.4, 0.5) is 0 Å². The number of nitrogens with zero attached hydrogens (tertiary/aromatic N) is 2. The summed E-state index contributed by atoms with van der Waals surface area (Å²) in [5.74, 6) is 1.26. The molecule has 8 fully saturated rings. The summed E-state index contributed by atoms with van der Waals surface area (Å²) in [5.41, 5.74) is -0.708. The first-order valence-corrected chi connectivity index (χ1v) is 27.5. The fraction of sp³-hybridized carbons (Fsp3) is 0.774. The monoisotopic (exact) mass is 937 g/mol. The van der Waals surface area contributed by atoms with Crippen LogP contribution >= 0.6 is 0 Å². The lowest BCUT2D eigenvalue weighted by Crippen LogP contribution is -2.67. The third kappa shape index (κ3) is 5.78. The molecular formula is C62H84N2O5. The molecule has 0 bridgehead atoms. The number of nitriles is 1. The maximum atomic E-state index is 15.6. The van der Waals surface area contributed by atoms with E-state index in [2.05, 4.69) is 119 Å². The van der Waals surface area contributed by atoms with Gasteiger partial charge in [0.25, 0.3) is 0 Å². The van der Waals surface area contributed by atoms with Crippen molar-refractivity contribution in [1.29, 1.82) is 5.26 Å². The molecule has 8 saturated carbocycles. The summed E-state index contributed by atoms with van der Waals surface area (Å²) >= 11 is 0. The molecule has 0 amide bonds. The van der Waals surface area contributed by atoms with E-state index in [1.807, 2.05) is 0 Å². The second-order valence-electron chi connectivity index (χ2n) is 28.5. The van der Waals surface area contributed by atoms with Gasteiger partial charge in [-0.05, 0) is 208 Å². The number of ketones is 2. The van der Waals surface area contributed by atoms with Crippen molar-refractivity contribution in [2.45, 2.75) is 186 Å². The van der Waals surface area contributed by atoms with Crippen molar-refractivity contribution in [1.82, 2.24) is 0 Å². The summed E-state index contributed by atoms with van der Waals surface area (Å²) in [4.78, 5) is 62.5. The first kappa shape index (κ1) is 49.0. The Hall–Kier alpha value is -3.58. The largest absolute Gasteiger partial charge is 0.392 e. The highest BCUT2D eigenvalue weighted by atomic mass is 16.6. The van der Waals surface area contributed by atoms with E-state index in [1.165, 1.54) is 0 Å². The average molecular weight is 937 g/mol. The van der Waals surface area contributed by atoms with E-state index < -0.39 is 21.7 Å². The molecule has 0 saturated heterocycles. The van der Waals surface area contributed by atoms with Crippen molar-refractivity contribution in [2.75, 3.05) is 0 Å². The van der Waals surface area contributed by atoms with Gasteiger partial charge in [-0.1, -0.05) is 106 Å². The van der Waals surface area contributed by atoms with E-state index in [9.17, 15) is 14.9 Å². The molecule has 10 aliphatic rings. The summed E-state index contributed by atoms with van der Waals surface area (Å²) in [5, 5.41) is 10.3. The zero-order valence-electron chi connectivity index (χ0n) is 44.6. The van der Waals surface area contributed by atoms with Gasteiger partial charge in [0.1, 0.15) is 6.07 Å². The Labute approximate surface area is 415 Å². The highest BCUT2D eigenvalue weighted by Gasteiger charge is 2.75. The van der Waals surface area contributed by atoms with Crippen molar-refractivity contribution in [3.63, 3.8) is 0 Å². The molecule has 7 heteroatoms. The lowest BCUT2D eigenvalue weighted by atomic mass is 9.32. The normalized spacial score (nSPS) is 50.8. The molecule has 0 spiro atoms. The van der Waals surface area contributed by atoms with Gasteiger partial charge in [-0.15, -0.1) is 0 Å². The topological polar surface area (TPSA) is 106 Å². The Kier molecular flexibility index (Phi) is 10.7. The summed E-state index contributed by atoms with van der Waals surface area (Å²) in [6.07, 6.45) is 18.4. The Bertz CT molecular complexity index is 2340. The SMILES string of the molecule is [C-]#[N+]C1=C[C@]2(C)[C@H]3CC[C@@H]4[C@H]5C(C(=C)C)CC[C@]5(C(=O)OC(=O)[C@]56CC[C@@H](C(=C)C)[C@@H]5[C@H]5CC[C@@H]7[C@@]8(C)C=C(C#N)C(=O)C(C)(C)[C@@H]8CC[C@@]7(C)[C@]5(C)CC6)CC[C@@]4(C)[C@]3(C)CC[C@H]2C(C)(C)C1=O. The molecule has 0 aliphatic heterocycles. The van der Waals surface area contributed by atoms with Crippen molar-refractivity contribution >= 4 is 23.5 Å². The number of allylic oxidation sites excluding steroid dienone is 6. The minimum absolute atomic E-state index is 0.00910. The predicted octanol–water partition coefficient (Wildman–Crippen LogP) is 14.2. The molecule has 10 rings (SSSR count). The Morgan fingerprint density at radius 3 is 1.41 bits per heavy atom. The van der Waals surface area contributed by atoms with Crippen molar-refractivity contribution in [3.05, 3.63) is 59.1 Å². The minimum Gasteiger partial charge on any atom is -0.392 e. The third-order valence-electron chi connectivity index (χ3n) is 26.0. The van der Waals surface area contributed by atoms with E-state index >= 15 is 9.59 Å². The first-order chi connectivity index (χ1) is 32.1. The van der Waals surface area contributed by atoms with Gasteiger partial charge in [0.05, 0.1) is 23.0 Å². The van der Waals surface area contributed by atoms with Crippen molar-refractivity contribution in [2.24, 2.45) is 113 Å². The van der Waals surface area contributed by atoms with Crippen LogP contribution in [0.25, 0.3) is 4.85 Å². The molecule has 0 N–H and O–H groups in total. The van der Waals surface area contributed by atoms with Crippen LogP contribution in [-0.2, 0) is 23.9 Å². The molecule has 1 unspecified atom stereocenters. The van der Waals surface area contributed by atoms with E-state index in [0.717, 1.165) is 101 Å². The van der Waals surface area contributed by atoms with Crippen LogP contribution < -0.4 is 0 Å². The lowest BCUT2D eigenvalue weighted by molar-refractivity contribution is -0.229. The smallest absolute Gasteiger partial charge is 0.320 e. The Morgan fingerprint density at radius 1 is 0.580 bits per heavy atom. The van der Waals surface area contributed by atoms with Gasteiger partial charge >= 0.3 is 11.9 Å². The van der Waals surface area contributed by atoms with Gasteiger partial charge < -0.3 is 9.53 Å². The number of fused-ring (bicyclic) bond motifs is 14. The summed E-state index contributed by atoms with van der Waals surface area (Å²) in [6.45, 7) is 44.6. The molecule has 0 radical (unpaired) electrons. The molecule has 0 heterocycles. The van der Waals surface area contributed by atoms with E-state index in [0.29, 0.717) is 35.9 Å². The fourth-order valence-electron chi connectivity index (χ4n) is 22.4. The van der Waals surface area contributed by atoms with Gasteiger partial charge in [0, 0.05) is 10.8 Å². The molecule has 0 aromatic carbocycles. The average Bonchev–Trinajstić information content (AvgIpc) is 3.88. The van der Waals surface area contributed by atoms with Crippen molar-refractivity contribution in [3.8, 4) is 6.07 Å². The fourth-order valence-corrected chi connectivity index (χ4v) is 22.4.